The van der Waals surface area contributed by atoms with E-state index in [0.29, 0.717) is 28.0 Å². The summed E-state index contributed by atoms with van der Waals surface area (Å²) in [4.78, 5) is 20.8. The van der Waals surface area contributed by atoms with Crippen molar-refractivity contribution in [1.29, 1.82) is 0 Å². The number of carbonyl (C=O) groups is 1. The first-order chi connectivity index (χ1) is 11.0. The van der Waals surface area contributed by atoms with E-state index in [1.165, 1.54) is 10.9 Å². The first kappa shape index (κ1) is 19.1. The van der Waals surface area contributed by atoms with Crippen LogP contribution in [0.1, 0.15) is 20.8 Å². The number of fused-ring (bicyclic) bond motifs is 1. The van der Waals surface area contributed by atoms with Crippen LogP contribution >= 0.6 is 26.0 Å². The Morgan fingerprint density at radius 1 is 1.29 bits per heavy atom. The second kappa shape index (κ2) is 6.92. The van der Waals surface area contributed by atoms with Crippen LogP contribution in [0.15, 0.2) is 17.0 Å². The summed E-state index contributed by atoms with van der Waals surface area (Å²) in [6.45, 7) is 6.05. The second-order valence-electron chi connectivity index (χ2n) is 7.35. The standard InChI is InChI=1S/C16H24BrN3O3S/c1-16(2,3)23-15(21)20-9-11(17)12-13(20)18-10-19-14(12)22-7-8-24(4,5)6/h9-10H,7-8H2,1-6H3. The fourth-order valence-corrected chi connectivity index (χ4v) is 3.07. The van der Waals surface area contributed by atoms with Gasteiger partial charge >= 0.3 is 6.09 Å². The van der Waals surface area contributed by atoms with Crippen molar-refractivity contribution >= 4 is 43.1 Å². The van der Waals surface area contributed by atoms with Gasteiger partial charge in [0.2, 0.25) is 5.88 Å². The largest absolute Gasteiger partial charge is 0.476 e. The molecule has 8 heteroatoms. The molecule has 24 heavy (non-hydrogen) atoms. The maximum Gasteiger partial charge on any atom is 0.420 e. The highest BCUT2D eigenvalue weighted by Gasteiger charge is 2.23. The molecule has 0 fully saturated rings. The monoisotopic (exact) mass is 417 g/mol. The lowest BCUT2D eigenvalue weighted by Crippen LogP contribution is -2.26. The predicted octanol–water partition coefficient (Wildman–Crippen LogP) is 4.05. The lowest BCUT2D eigenvalue weighted by atomic mass is 10.2. The van der Waals surface area contributed by atoms with E-state index in [-0.39, 0.29) is 0 Å². The predicted molar refractivity (Wildman–Crippen MR) is 103 cm³/mol. The first-order valence-electron chi connectivity index (χ1n) is 7.52. The lowest BCUT2D eigenvalue weighted by molar-refractivity contribution is 0.0543. The Bertz CT molecular complexity index is 747. The van der Waals surface area contributed by atoms with Gasteiger partial charge in [0.15, 0.2) is 5.65 Å². The molecule has 0 saturated heterocycles. The van der Waals surface area contributed by atoms with Crippen molar-refractivity contribution in [1.82, 2.24) is 14.5 Å². The van der Waals surface area contributed by atoms with Gasteiger partial charge in [0.25, 0.3) is 0 Å². The van der Waals surface area contributed by atoms with E-state index in [9.17, 15) is 4.79 Å². The molecule has 0 unspecified atom stereocenters. The van der Waals surface area contributed by atoms with Gasteiger partial charge in [0, 0.05) is 11.9 Å². The fraction of sp³-hybridized carbons (Fsp3) is 0.562. The summed E-state index contributed by atoms with van der Waals surface area (Å²) in [5.74, 6) is 1.45. The Balaban J connectivity index is 2.32. The van der Waals surface area contributed by atoms with Gasteiger partial charge in [-0.2, -0.15) is 0 Å². The zero-order valence-electron chi connectivity index (χ0n) is 14.9. The molecule has 0 aliphatic heterocycles. The van der Waals surface area contributed by atoms with Gasteiger partial charge in [-0.1, -0.05) is 0 Å². The average molecular weight is 418 g/mol. The molecule has 0 spiro atoms. The molecule has 0 atom stereocenters. The third-order valence-electron chi connectivity index (χ3n) is 3.03. The van der Waals surface area contributed by atoms with Crippen LogP contribution < -0.4 is 4.74 Å². The number of hydrogen-bond acceptors (Lipinski definition) is 5. The topological polar surface area (TPSA) is 66.2 Å². The first-order valence-corrected chi connectivity index (χ1v) is 11.3. The quantitative estimate of drug-likeness (QED) is 0.750. The zero-order valence-corrected chi connectivity index (χ0v) is 17.3. The maximum atomic E-state index is 12.4. The molecule has 0 amide bonds. The highest BCUT2D eigenvalue weighted by atomic mass is 79.9. The van der Waals surface area contributed by atoms with E-state index in [2.05, 4.69) is 44.7 Å². The van der Waals surface area contributed by atoms with Crippen LogP contribution in [0.3, 0.4) is 0 Å². The summed E-state index contributed by atoms with van der Waals surface area (Å²) < 4.78 is 13.3. The van der Waals surface area contributed by atoms with E-state index >= 15 is 0 Å². The SMILES string of the molecule is CC(C)(C)OC(=O)n1cc(Br)c2c(OCCS(C)(C)C)ncnc21. The summed E-state index contributed by atoms with van der Waals surface area (Å²) in [6, 6.07) is 0. The van der Waals surface area contributed by atoms with E-state index in [0.717, 1.165) is 5.75 Å². The summed E-state index contributed by atoms with van der Waals surface area (Å²) in [5.41, 5.74) is -0.119. The zero-order chi connectivity index (χ0) is 18.1. The van der Waals surface area contributed by atoms with Crippen LogP contribution in [-0.2, 0) is 4.74 Å². The molecule has 2 aromatic rings. The molecule has 0 saturated carbocycles. The van der Waals surface area contributed by atoms with Crippen LogP contribution in [0, 0.1) is 0 Å². The van der Waals surface area contributed by atoms with E-state index in [4.69, 9.17) is 9.47 Å². The third kappa shape index (κ3) is 4.86. The van der Waals surface area contributed by atoms with Crippen molar-refractivity contribution in [2.75, 3.05) is 31.1 Å². The second-order valence-corrected chi connectivity index (χ2v) is 12.8. The molecule has 0 bridgehead atoms. The molecule has 0 radical (unpaired) electrons. The molecule has 2 rings (SSSR count). The van der Waals surface area contributed by atoms with Crippen LogP contribution in [0.25, 0.3) is 11.0 Å². The smallest absolute Gasteiger partial charge is 0.420 e. The number of rotatable bonds is 4. The molecule has 2 aromatic heterocycles. The molecule has 6 nitrogen and oxygen atoms in total. The van der Waals surface area contributed by atoms with Crippen LogP contribution in [0.5, 0.6) is 5.88 Å². The Morgan fingerprint density at radius 2 is 1.96 bits per heavy atom. The summed E-state index contributed by atoms with van der Waals surface area (Å²) in [7, 11) is -0.646. The highest BCUT2D eigenvalue weighted by molar-refractivity contribution is 9.10. The minimum Gasteiger partial charge on any atom is -0.476 e. The van der Waals surface area contributed by atoms with E-state index in [1.807, 2.05) is 20.8 Å². The minimum atomic E-state index is -0.646. The van der Waals surface area contributed by atoms with Crippen LogP contribution in [-0.4, -0.2) is 57.4 Å². The number of carbonyl (C=O) groups excluding carboxylic acids is 1. The fourth-order valence-electron chi connectivity index (χ4n) is 1.94. The van der Waals surface area contributed by atoms with Crippen molar-refractivity contribution in [2.45, 2.75) is 26.4 Å². The van der Waals surface area contributed by atoms with Gasteiger partial charge in [-0.05, 0) is 55.5 Å². The molecule has 0 aliphatic rings. The number of aromatic nitrogens is 3. The van der Waals surface area contributed by atoms with E-state index < -0.39 is 21.7 Å². The van der Waals surface area contributed by atoms with Gasteiger partial charge in [-0.25, -0.2) is 29.4 Å². The summed E-state index contributed by atoms with van der Waals surface area (Å²) >= 11 is 3.46. The number of halogens is 1. The number of hydrogen-bond donors (Lipinski definition) is 0. The highest BCUT2D eigenvalue weighted by Crippen LogP contribution is 2.35. The van der Waals surface area contributed by atoms with Crippen molar-refractivity contribution in [3.05, 3.63) is 17.0 Å². The van der Waals surface area contributed by atoms with Crippen LogP contribution in [0.4, 0.5) is 4.79 Å². The molecule has 134 valence electrons. The third-order valence-corrected chi connectivity index (χ3v) is 5.02. The van der Waals surface area contributed by atoms with Gasteiger partial charge in [-0.3, -0.25) is 0 Å². The van der Waals surface area contributed by atoms with Gasteiger partial charge in [0.1, 0.15) is 11.9 Å². The Kier molecular flexibility index (Phi) is 5.49. The lowest BCUT2D eigenvalue weighted by Gasteiger charge is -2.24. The van der Waals surface area contributed by atoms with Gasteiger partial charge in [0.05, 0.1) is 16.5 Å². The maximum absolute atomic E-state index is 12.4. The van der Waals surface area contributed by atoms with Crippen molar-refractivity contribution < 1.29 is 14.3 Å². The molecule has 0 aliphatic carbocycles. The molecule has 0 N–H and O–H groups in total. The summed E-state index contributed by atoms with van der Waals surface area (Å²) in [5, 5.41) is 0.673. The minimum absolute atomic E-state index is 0.462. The van der Waals surface area contributed by atoms with Crippen molar-refractivity contribution in [3.63, 3.8) is 0 Å². The molecular weight excluding hydrogens is 394 g/mol. The Hall–Kier alpha value is -1.28. The Labute approximate surface area is 152 Å². The number of ether oxygens (including phenoxy) is 2. The van der Waals surface area contributed by atoms with Crippen molar-refractivity contribution in [2.24, 2.45) is 0 Å². The molecular formula is C16H24BrN3O3S. The normalized spacial score (nSPS) is 13.1. The Morgan fingerprint density at radius 3 is 2.54 bits per heavy atom. The number of nitrogens with zero attached hydrogens (tertiary/aromatic N) is 3. The van der Waals surface area contributed by atoms with Crippen LogP contribution in [0.2, 0.25) is 0 Å². The van der Waals surface area contributed by atoms with Gasteiger partial charge < -0.3 is 9.47 Å². The molecule has 0 aromatic carbocycles. The summed E-state index contributed by atoms with van der Waals surface area (Å²) in [6.07, 6.45) is 9.26. The molecule has 2 heterocycles. The van der Waals surface area contributed by atoms with Gasteiger partial charge in [-0.15, -0.1) is 0 Å². The van der Waals surface area contributed by atoms with E-state index in [1.54, 1.807) is 6.20 Å². The van der Waals surface area contributed by atoms with Crippen molar-refractivity contribution in [3.8, 4) is 5.88 Å². The average Bonchev–Trinajstić information content (AvgIpc) is 2.74.